The maximum atomic E-state index is 13.9. The minimum absolute atomic E-state index is 0.209. The van der Waals surface area contributed by atoms with E-state index in [1.165, 1.54) is 0 Å². The number of nitrogens with zero attached hydrogens (tertiary/aromatic N) is 2. The lowest BCUT2D eigenvalue weighted by molar-refractivity contribution is -0.919. The average Bonchev–Trinajstić information content (AvgIpc) is 2.87. The van der Waals surface area contributed by atoms with E-state index in [9.17, 15) is 20.0 Å². The Hall–Kier alpha value is -2.78. The van der Waals surface area contributed by atoms with Crippen molar-refractivity contribution in [3.05, 3.63) is 70.1 Å². The van der Waals surface area contributed by atoms with E-state index in [0.29, 0.717) is 43.7 Å². The van der Waals surface area contributed by atoms with Crippen LogP contribution in [0, 0.1) is 24.3 Å². The Bertz CT molecular complexity index is 989. The largest absolute Gasteiger partial charge is 0.632 e. The second kappa shape index (κ2) is 11.7. The first-order chi connectivity index (χ1) is 17.7. The van der Waals surface area contributed by atoms with Crippen LogP contribution in [0.5, 0.6) is 0 Å². The molecule has 2 unspecified atom stereocenters. The Morgan fingerprint density at radius 1 is 0.703 bits per heavy atom. The molecule has 0 saturated carbocycles. The number of likely N-dealkylation sites (tertiary alicyclic amines) is 2. The van der Waals surface area contributed by atoms with Gasteiger partial charge in [0.2, 0.25) is 0 Å². The van der Waals surface area contributed by atoms with Gasteiger partial charge in [0.25, 0.3) is 11.8 Å². The molecule has 2 aromatic rings. The van der Waals surface area contributed by atoms with E-state index >= 15 is 0 Å². The third-order valence-corrected chi connectivity index (χ3v) is 7.98. The number of nitrogens with one attached hydrogen (secondary N) is 2. The minimum Gasteiger partial charge on any atom is -0.632 e. The smallest absolute Gasteiger partial charge is 0.283 e. The van der Waals surface area contributed by atoms with Crippen LogP contribution in [0.4, 0.5) is 11.4 Å². The van der Waals surface area contributed by atoms with Gasteiger partial charge in [0.15, 0.2) is 12.1 Å². The summed E-state index contributed by atoms with van der Waals surface area (Å²) in [5.74, 6) is -0.504. The van der Waals surface area contributed by atoms with Gasteiger partial charge in [-0.05, 0) is 63.8 Å². The molecule has 2 heterocycles. The number of quaternary nitrogens is 2. The van der Waals surface area contributed by atoms with Crippen LogP contribution < -0.4 is 10.6 Å². The fourth-order valence-corrected chi connectivity index (χ4v) is 5.77. The number of piperidine rings is 2. The Morgan fingerprint density at radius 3 is 1.46 bits per heavy atom. The van der Waals surface area contributed by atoms with Crippen LogP contribution in [0.15, 0.2) is 48.5 Å². The summed E-state index contributed by atoms with van der Waals surface area (Å²) in [4.78, 5) is 26.2. The molecular formula is C29H40N4O4. The summed E-state index contributed by atoms with van der Waals surface area (Å²) in [5, 5.41) is 33.5. The summed E-state index contributed by atoms with van der Waals surface area (Å²) in [6.45, 7) is 5.14. The molecule has 2 aliphatic rings. The molecule has 200 valence electrons. The van der Waals surface area contributed by atoms with Gasteiger partial charge in [-0.2, -0.15) is 0 Å². The molecule has 4 rings (SSSR count). The number of anilines is 2. The summed E-state index contributed by atoms with van der Waals surface area (Å²) < 4.78 is -1.20. The highest BCUT2D eigenvalue weighted by atomic mass is 16.6. The third-order valence-electron chi connectivity index (χ3n) is 7.98. The van der Waals surface area contributed by atoms with Gasteiger partial charge in [-0.25, -0.2) is 0 Å². The van der Waals surface area contributed by atoms with E-state index in [1.807, 2.05) is 62.4 Å². The number of hydroxylamine groups is 6. The number of carbonyl (C=O) groups excluding carboxylic acids is 2. The molecule has 2 amide bonds. The zero-order valence-corrected chi connectivity index (χ0v) is 22.1. The fraction of sp³-hybridized carbons (Fsp3) is 0.517. The number of carbonyl (C=O) groups is 2. The minimum atomic E-state index is -0.683. The Labute approximate surface area is 220 Å². The lowest BCUT2D eigenvalue weighted by atomic mass is 9.98. The van der Waals surface area contributed by atoms with Crippen molar-refractivity contribution < 1.29 is 18.9 Å². The first-order valence-corrected chi connectivity index (χ1v) is 13.6. The summed E-state index contributed by atoms with van der Waals surface area (Å²) in [6, 6.07) is 13.7. The first kappa shape index (κ1) is 27.3. The maximum absolute atomic E-state index is 13.9. The summed E-state index contributed by atoms with van der Waals surface area (Å²) in [5.41, 5.74) is 3.57. The average molecular weight is 509 g/mol. The number of amides is 2. The van der Waals surface area contributed by atoms with Crippen molar-refractivity contribution in [1.82, 2.24) is 0 Å². The Balaban J connectivity index is 1.38. The van der Waals surface area contributed by atoms with Crippen LogP contribution in [0.25, 0.3) is 0 Å². The van der Waals surface area contributed by atoms with Gasteiger partial charge in [0.05, 0.1) is 26.2 Å². The number of rotatable bonds is 8. The Kier molecular flexibility index (Phi) is 8.64. The monoisotopic (exact) mass is 508 g/mol. The molecule has 2 saturated heterocycles. The molecule has 2 aliphatic heterocycles. The van der Waals surface area contributed by atoms with E-state index in [1.54, 1.807) is 0 Å². The highest BCUT2D eigenvalue weighted by molar-refractivity contribution is 5.94. The summed E-state index contributed by atoms with van der Waals surface area (Å²) >= 11 is 0. The van der Waals surface area contributed by atoms with Gasteiger partial charge >= 0.3 is 0 Å². The van der Waals surface area contributed by atoms with Gasteiger partial charge in [0.1, 0.15) is 0 Å². The van der Waals surface area contributed by atoms with E-state index < -0.39 is 21.4 Å². The second-order valence-corrected chi connectivity index (χ2v) is 10.9. The first-order valence-electron chi connectivity index (χ1n) is 13.6. The van der Waals surface area contributed by atoms with Crippen molar-refractivity contribution in [2.75, 3.05) is 36.8 Å². The second-order valence-electron chi connectivity index (χ2n) is 10.9. The molecule has 0 radical (unpaired) electrons. The highest BCUT2D eigenvalue weighted by Crippen LogP contribution is 2.30. The van der Waals surface area contributed by atoms with Crippen molar-refractivity contribution >= 4 is 23.2 Å². The number of aryl methyl sites for hydroxylation is 2. The van der Waals surface area contributed by atoms with Crippen LogP contribution in [0.1, 0.15) is 56.1 Å². The normalized spacial score (nSPS) is 27.9. The van der Waals surface area contributed by atoms with E-state index in [4.69, 9.17) is 0 Å². The molecule has 4 atom stereocenters. The van der Waals surface area contributed by atoms with Gasteiger partial charge < -0.3 is 30.3 Å². The lowest BCUT2D eigenvalue weighted by Gasteiger charge is -2.53. The van der Waals surface area contributed by atoms with Crippen molar-refractivity contribution in [3.8, 4) is 0 Å². The third kappa shape index (κ3) is 6.76. The van der Waals surface area contributed by atoms with E-state index in [-0.39, 0.29) is 24.9 Å². The topological polar surface area (TPSA) is 104 Å². The van der Waals surface area contributed by atoms with Crippen LogP contribution in [-0.4, -0.2) is 59.4 Å². The molecule has 8 nitrogen and oxygen atoms in total. The lowest BCUT2D eigenvalue weighted by Crippen LogP contribution is -2.61. The van der Waals surface area contributed by atoms with Crippen LogP contribution in [-0.2, 0) is 9.59 Å². The summed E-state index contributed by atoms with van der Waals surface area (Å²) in [7, 11) is 0. The molecule has 2 N–H and O–H groups in total. The molecule has 0 aromatic heterocycles. The molecule has 2 aromatic carbocycles. The van der Waals surface area contributed by atoms with Gasteiger partial charge in [-0.3, -0.25) is 9.59 Å². The standard InChI is InChI=1S/C29H40N4O4/c1-22-10-14-24(15-11-22)30-28(34)26-8-3-5-18-32(26,36)20-7-21-33(37)19-6-4-9-27(33)29(35)31-25-16-12-23(2)13-17-25/h10-17,26-27H,3-9,18-21H2,1-2H3,(H,30,34)(H,31,35)/t26-,27-,32?,33?/m0/s1. The predicted octanol–water partition coefficient (Wildman–Crippen LogP) is 5.00. The number of hydrogen-bond acceptors (Lipinski definition) is 4. The molecule has 0 spiro atoms. The number of hydrogen-bond donors (Lipinski definition) is 2. The van der Waals surface area contributed by atoms with Gasteiger partial charge in [-0.15, -0.1) is 0 Å². The van der Waals surface area contributed by atoms with E-state index in [0.717, 1.165) is 36.8 Å². The molecule has 2 fully saturated rings. The fourth-order valence-electron chi connectivity index (χ4n) is 5.77. The zero-order chi connectivity index (χ0) is 26.5. The molecular weight excluding hydrogens is 468 g/mol. The van der Waals surface area contributed by atoms with Gasteiger partial charge in [-0.1, -0.05) is 35.4 Å². The van der Waals surface area contributed by atoms with Crippen LogP contribution >= 0.6 is 0 Å². The van der Waals surface area contributed by atoms with Gasteiger partial charge in [0, 0.05) is 30.6 Å². The van der Waals surface area contributed by atoms with E-state index in [2.05, 4.69) is 10.6 Å². The van der Waals surface area contributed by atoms with Crippen molar-refractivity contribution in [2.45, 2.75) is 70.9 Å². The Morgan fingerprint density at radius 2 is 1.08 bits per heavy atom. The highest BCUT2D eigenvalue weighted by Gasteiger charge is 2.40. The predicted molar refractivity (Wildman–Crippen MR) is 146 cm³/mol. The molecule has 0 bridgehead atoms. The SMILES string of the molecule is Cc1ccc(NC(=O)[C@@H]2CCCC[N+]2([O-])CCC[N+]2([O-])CCCC[C@H]2C(=O)Nc2ccc(C)cc2)cc1. The quantitative estimate of drug-likeness (QED) is 0.386. The maximum Gasteiger partial charge on any atom is 0.283 e. The zero-order valence-electron chi connectivity index (χ0n) is 22.1. The molecule has 0 aliphatic carbocycles. The van der Waals surface area contributed by atoms with Crippen molar-refractivity contribution in [1.29, 1.82) is 0 Å². The van der Waals surface area contributed by atoms with Crippen LogP contribution in [0.2, 0.25) is 0 Å². The molecule has 8 heteroatoms. The molecule has 37 heavy (non-hydrogen) atoms. The van der Waals surface area contributed by atoms with Crippen LogP contribution in [0.3, 0.4) is 0 Å². The summed E-state index contributed by atoms with van der Waals surface area (Å²) in [6.07, 6.45) is 4.71. The number of benzene rings is 2. The van der Waals surface area contributed by atoms with Crippen molar-refractivity contribution in [2.24, 2.45) is 0 Å². The van der Waals surface area contributed by atoms with Crippen molar-refractivity contribution in [3.63, 3.8) is 0 Å².